The van der Waals surface area contributed by atoms with Crippen LogP contribution >= 0.6 is 0 Å². The van der Waals surface area contributed by atoms with E-state index in [0.717, 1.165) is 11.1 Å². The maximum absolute atomic E-state index is 12.1. The fourth-order valence-corrected chi connectivity index (χ4v) is 2.19. The maximum Gasteiger partial charge on any atom is 0.338 e. The van der Waals surface area contributed by atoms with Crippen LogP contribution in [0, 0.1) is 0 Å². The molecule has 2 aromatic rings. The lowest BCUT2D eigenvalue weighted by Crippen LogP contribution is -2.24. The lowest BCUT2D eigenvalue weighted by molar-refractivity contribution is -0.149. The first-order chi connectivity index (χ1) is 12.2. The summed E-state index contributed by atoms with van der Waals surface area (Å²) in [6, 6.07) is 16.4. The molecule has 0 spiro atoms. The highest BCUT2D eigenvalue weighted by atomic mass is 16.6. The third-order valence-electron chi connectivity index (χ3n) is 3.46. The smallest absolute Gasteiger partial charge is 0.338 e. The van der Waals surface area contributed by atoms with Gasteiger partial charge in [0.25, 0.3) is 0 Å². The normalized spacial score (nSPS) is 11.8. The number of rotatable bonds is 5. The lowest BCUT2D eigenvalue weighted by Gasteiger charge is -2.19. The third kappa shape index (κ3) is 6.20. The van der Waals surface area contributed by atoms with Crippen molar-refractivity contribution in [3.05, 3.63) is 76.9 Å². The molecule has 136 valence electrons. The van der Waals surface area contributed by atoms with Gasteiger partial charge < -0.3 is 9.47 Å². The molecule has 0 aliphatic heterocycles. The van der Waals surface area contributed by atoms with Crippen molar-refractivity contribution in [1.29, 1.82) is 0 Å². The van der Waals surface area contributed by atoms with Crippen LogP contribution in [0.25, 0.3) is 6.08 Å². The minimum absolute atomic E-state index is 0.235. The minimum atomic E-state index is -0.529. The molecule has 4 nitrogen and oxygen atoms in total. The van der Waals surface area contributed by atoms with E-state index in [1.807, 2.05) is 51.1 Å². The Kier molecular flexibility index (Phi) is 6.34. The Hall–Kier alpha value is -2.88. The summed E-state index contributed by atoms with van der Waals surface area (Å²) < 4.78 is 10.6. The van der Waals surface area contributed by atoms with Crippen LogP contribution in [0.1, 0.15) is 49.2 Å². The first-order valence-electron chi connectivity index (χ1n) is 8.47. The highest BCUT2D eigenvalue weighted by molar-refractivity contribution is 5.93. The van der Waals surface area contributed by atoms with E-state index in [9.17, 15) is 9.59 Å². The monoisotopic (exact) mass is 352 g/mol. The second-order valence-electron chi connectivity index (χ2n) is 7.01. The van der Waals surface area contributed by atoms with Crippen LogP contribution in [-0.2, 0) is 20.9 Å². The van der Waals surface area contributed by atoms with Crippen molar-refractivity contribution in [3.8, 4) is 0 Å². The summed E-state index contributed by atoms with van der Waals surface area (Å²) in [6.07, 6.45) is 1.73. The summed E-state index contributed by atoms with van der Waals surface area (Å²) >= 11 is 0. The molecule has 4 heteroatoms. The SMILES string of the molecule is C/C(=C\c1ccc(C(=O)OCc2ccccc2)cc1)C(=O)OC(C)(C)C. The second-order valence-corrected chi connectivity index (χ2v) is 7.01. The van der Waals surface area contributed by atoms with E-state index in [4.69, 9.17) is 9.47 Å². The van der Waals surface area contributed by atoms with Crippen molar-refractivity contribution in [2.24, 2.45) is 0 Å². The van der Waals surface area contributed by atoms with E-state index >= 15 is 0 Å². The Labute approximate surface area is 154 Å². The van der Waals surface area contributed by atoms with Crippen LogP contribution in [-0.4, -0.2) is 17.5 Å². The average molecular weight is 352 g/mol. The Balaban J connectivity index is 1.97. The topological polar surface area (TPSA) is 52.6 Å². The predicted molar refractivity (Wildman–Crippen MR) is 101 cm³/mol. The highest BCUT2D eigenvalue weighted by Gasteiger charge is 2.17. The van der Waals surface area contributed by atoms with E-state index in [1.165, 1.54) is 0 Å². The summed E-state index contributed by atoms with van der Waals surface area (Å²) in [6.45, 7) is 7.42. The Morgan fingerprint density at radius 3 is 2.15 bits per heavy atom. The molecule has 2 aromatic carbocycles. The first-order valence-corrected chi connectivity index (χ1v) is 8.47. The van der Waals surface area contributed by atoms with Crippen molar-refractivity contribution < 1.29 is 19.1 Å². The fraction of sp³-hybridized carbons (Fsp3) is 0.273. The number of carbonyl (C=O) groups excluding carboxylic acids is 2. The quantitative estimate of drug-likeness (QED) is 0.573. The van der Waals surface area contributed by atoms with Crippen molar-refractivity contribution >= 4 is 18.0 Å². The molecule has 0 N–H and O–H groups in total. The molecule has 0 aromatic heterocycles. The van der Waals surface area contributed by atoms with Gasteiger partial charge in [0.1, 0.15) is 12.2 Å². The molecule has 0 aliphatic rings. The number of hydrogen-bond acceptors (Lipinski definition) is 4. The molecule has 0 saturated heterocycles. The number of carbonyl (C=O) groups is 2. The largest absolute Gasteiger partial charge is 0.457 e. The number of esters is 2. The minimum Gasteiger partial charge on any atom is -0.457 e. The molecule has 0 atom stereocenters. The molecule has 26 heavy (non-hydrogen) atoms. The standard InChI is InChI=1S/C22H24O4/c1-16(20(23)26-22(2,3)4)14-17-10-12-19(13-11-17)21(24)25-15-18-8-6-5-7-9-18/h5-14H,15H2,1-4H3/b16-14+. The zero-order valence-electron chi connectivity index (χ0n) is 15.6. The lowest BCUT2D eigenvalue weighted by atomic mass is 10.1. The zero-order valence-corrected chi connectivity index (χ0v) is 15.6. The van der Waals surface area contributed by atoms with Crippen LogP contribution in [0.5, 0.6) is 0 Å². The van der Waals surface area contributed by atoms with Gasteiger partial charge in [-0.25, -0.2) is 9.59 Å². The van der Waals surface area contributed by atoms with Crippen LogP contribution in [0.2, 0.25) is 0 Å². The summed E-state index contributed by atoms with van der Waals surface area (Å²) in [5, 5.41) is 0. The molecule has 0 fully saturated rings. The van der Waals surface area contributed by atoms with Gasteiger partial charge in [0.2, 0.25) is 0 Å². The van der Waals surface area contributed by atoms with Gasteiger partial charge in [-0.2, -0.15) is 0 Å². The van der Waals surface area contributed by atoms with Gasteiger partial charge in [0.05, 0.1) is 5.56 Å². The van der Waals surface area contributed by atoms with Crippen molar-refractivity contribution in [3.63, 3.8) is 0 Å². The molecule has 0 radical (unpaired) electrons. The van der Waals surface area contributed by atoms with Gasteiger partial charge in [0.15, 0.2) is 0 Å². The summed E-state index contributed by atoms with van der Waals surface area (Å²) in [4.78, 5) is 24.1. The van der Waals surface area contributed by atoms with Crippen molar-refractivity contribution in [2.45, 2.75) is 39.9 Å². The summed E-state index contributed by atoms with van der Waals surface area (Å²) in [7, 11) is 0. The van der Waals surface area contributed by atoms with Crippen LogP contribution < -0.4 is 0 Å². The average Bonchev–Trinajstić information content (AvgIpc) is 2.59. The number of hydrogen-bond donors (Lipinski definition) is 0. The molecule has 0 unspecified atom stereocenters. The van der Waals surface area contributed by atoms with Crippen molar-refractivity contribution in [2.75, 3.05) is 0 Å². The summed E-state index contributed by atoms with van der Waals surface area (Å²) in [5.74, 6) is -0.739. The van der Waals surface area contributed by atoms with E-state index < -0.39 is 5.60 Å². The van der Waals surface area contributed by atoms with Crippen LogP contribution in [0.15, 0.2) is 60.2 Å². The first kappa shape index (κ1) is 19.4. The molecule has 0 saturated carbocycles. The molecule has 0 amide bonds. The van der Waals surface area contributed by atoms with Gasteiger partial charge in [-0.15, -0.1) is 0 Å². The molecular formula is C22H24O4. The zero-order chi connectivity index (χ0) is 19.2. The number of ether oxygens (including phenoxy) is 2. The van der Waals surface area contributed by atoms with E-state index in [0.29, 0.717) is 11.1 Å². The Bertz CT molecular complexity index is 781. The van der Waals surface area contributed by atoms with Gasteiger partial charge in [-0.05, 0) is 57.0 Å². The van der Waals surface area contributed by atoms with Gasteiger partial charge >= 0.3 is 11.9 Å². The third-order valence-corrected chi connectivity index (χ3v) is 3.46. The number of benzene rings is 2. The van der Waals surface area contributed by atoms with Gasteiger partial charge in [-0.3, -0.25) is 0 Å². The fourth-order valence-electron chi connectivity index (χ4n) is 2.19. The molecule has 2 rings (SSSR count). The van der Waals surface area contributed by atoms with Crippen molar-refractivity contribution in [1.82, 2.24) is 0 Å². The molecule has 0 bridgehead atoms. The molecule has 0 heterocycles. The van der Waals surface area contributed by atoms with Gasteiger partial charge in [0, 0.05) is 5.57 Å². The van der Waals surface area contributed by atoms with Crippen LogP contribution in [0.4, 0.5) is 0 Å². The molecule has 0 aliphatic carbocycles. The highest BCUT2D eigenvalue weighted by Crippen LogP contribution is 2.15. The Morgan fingerprint density at radius 2 is 1.58 bits per heavy atom. The second kappa shape index (κ2) is 8.48. The van der Waals surface area contributed by atoms with E-state index in [-0.39, 0.29) is 18.5 Å². The predicted octanol–water partition coefficient (Wildman–Crippen LogP) is 4.79. The van der Waals surface area contributed by atoms with E-state index in [2.05, 4.69) is 0 Å². The maximum atomic E-state index is 12.1. The Morgan fingerprint density at radius 1 is 0.962 bits per heavy atom. The van der Waals surface area contributed by atoms with E-state index in [1.54, 1.807) is 37.3 Å². The van der Waals surface area contributed by atoms with Gasteiger partial charge in [-0.1, -0.05) is 42.5 Å². The summed E-state index contributed by atoms with van der Waals surface area (Å²) in [5.41, 5.74) is 2.19. The van der Waals surface area contributed by atoms with Crippen LogP contribution in [0.3, 0.4) is 0 Å². The molecular weight excluding hydrogens is 328 g/mol.